The van der Waals surface area contributed by atoms with Crippen LogP contribution in [0.25, 0.3) is 0 Å². The standard InChI is InChI=1S/C18H25N5S/c1-2-19-18(21-10-8-16-6-5-15-24-16)23-13-11-22(12-14-23)17-7-3-4-9-20-17/h3-7,9,15H,2,8,10-14H2,1H3,(H,19,21). The fourth-order valence-corrected chi connectivity index (χ4v) is 3.54. The molecule has 0 atom stereocenters. The van der Waals surface area contributed by atoms with Crippen LogP contribution in [0.4, 0.5) is 5.82 Å². The number of nitrogens with zero attached hydrogens (tertiary/aromatic N) is 4. The Bertz CT molecular complexity index is 618. The molecule has 2 aromatic rings. The molecule has 128 valence electrons. The molecule has 0 amide bonds. The Hall–Kier alpha value is -2.08. The topological polar surface area (TPSA) is 43.8 Å². The summed E-state index contributed by atoms with van der Waals surface area (Å²) in [6, 6.07) is 10.4. The minimum atomic E-state index is 0.837. The maximum Gasteiger partial charge on any atom is 0.194 e. The van der Waals surface area contributed by atoms with Gasteiger partial charge in [0.25, 0.3) is 0 Å². The molecule has 3 heterocycles. The Morgan fingerprint density at radius 1 is 1.21 bits per heavy atom. The van der Waals surface area contributed by atoms with Crippen molar-refractivity contribution in [1.29, 1.82) is 0 Å². The molecule has 0 bridgehead atoms. The van der Waals surface area contributed by atoms with Crippen molar-refractivity contribution in [2.24, 2.45) is 4.99 Å². The first-order chi connectivity index (χ1) is 11.9. The fourth-order valence-electron chi connectivity index (χ4n) is 2.84. The highest BCUT2D eigenvalue weighted by molar-refractivity contribution is 7.09. The van der Waals surface area contributed by atoms with Gasteiger partial charge in [-0.05, 0) is 30.5 Å². The van der Waals surface area contributed by atoms with Gasteiger partial charge in [-0.1, -0.05) is 12.1 Å². The van der Waals surface area contributed by atoms with E-state index < -0.39 is 0 Å². The molecule has 0 aromatic carbocycles. The molecule has 6 heteroatoms. The zero-order valence-electron chi connectivity index (χ0n) is 14.2. The van der Waals surface area contributed by atoms with E-state index in [4.69, 9.17) is 4.99 Å². The van der Waals surface area contributed by atoms with Crippen molar-refractivity contribution in [3.8, 4) is 0 Å². The predicted octanol–water partition coefficient (Wildman–Crippen LogP) is 2.47. The minimum absolute atomic E-state index is 0.837. The number of guanidine groups is 1. The van der Waals surface area contributed by atoms with Gasteiger partial charge in [0.1, 0.15) is 5.82 Å². The van der Waals surface area contributed by atoms with Gasteiger partial charge in [0.05, 0.1) is 0 Å². The van der Waals surface area contributed by atoms with Gasteiger partial charge in [-0.2, -0.15) is 0 Å². The molecule has 0 aliphatic carbocycles. The van der Waals surface area contributed by atoms with Crippen LogP contribution < -0.4 is 10.2 Å². The number of anilines is 1. The van der Waals surface area contributed by atoms with E-state index in [1.54, 1.807) is 11.3 Å². The normalized spacial score (nSPS) is 15.6. The van der Waals surface area contributed by atoms with Gasteiger partial charge in [-0.3, -0.25) is 4.99 Å². The lowest BCUT2D eigenvalue weighted by Crippen LogP contribution is -2.52. The molecular formula is C18H25N5S. The van der Waals surface area contributed by atoms with Crippen LogP contribution in [0.2, 0.25) is 0 Å². The number of piperazine rings is 1. The lowest BCUT2D eigenvalue weighted by molar-refractivity contribution is 0.371. The van der Waals surface area contributed by atoms with Crippen molar-refractivity contribution in [2.45, 2.75) is 13.3 Å². The molecule has 0 radical (unpaired) electrons. The van der Waals surface area contributed by atoms with Gasteiger partial charge in [0.2, 0.25) is 0 Å². The van der Waals surface area contributed by atoms with Crippen LogP contribution in [-0.4, -0.2) is 55.1 Å². The third-order valence-corrected chi connectivity index (χ3v) is 5.02. The first-order valence-electron chi connectivity index (χ1n) is 8.58. The second-order valence-corrected chi connectivity index (χ2v) is 6.76. The third-order valence-electron chi connectivity index (χ3n) is 4.09. The number of hydrogen-bond acceptors (Lipinski definition) is 4. The number of aromatic nitrogens is 1. The molecule has 1 aliphatic rings. The lowest BCUT2D eigenvalue weighted by Gasteiger charge is -2.37. The summed E-state index contributed by atoms with van der Waals surface area (Å²) < 4.78 is 0. The van der Waals surface area contributed by atoms with Crippen LogP contribution in [0.1, 0.15) is 11.8 Å². The maximum atomic E-state index is 4.81. The van der Waals surface area contributed by atoms with Gasteiger partial charge < -0.3 is 15.1 Å². The molecule has 1 aliphatic heterocycles. The monoisotopic (exact) mass is 343 g/mol. The van der Waals surface area contributed by atoms with Gasteiger partial charge in [0.15, 0.2) is 5.96 Å². The van der Waals surface area contributed by atoms with Crippen LogP contribution >= 0.6 is 11.3 Å². The average Bonchev–Trinajstić information content (AvgIpc) is 3.15. The predicted molar refractivity (Wildman–Crippen MR) is 102 cm³/mol. The Morgan fingerprint density at radius 3 is 2.75 bits per heavy atom. The van der Waals surface area contributed by atoms with E-state index in [0.717, 1.165) is 57.5 Å². The summed E-state index contributed by atoms with van der Waals surface area (Å²) in [7, 11) is 0. The first-order valence-corrected chi connectivity index (χ1v) is 9.46. The van der Waals surface area contributed by atoms with Crippen LogP contribution in [0.15, 0.2) is 46.9 Å². The zero-order valence-corrected chi connectivity index (χ0v) is 15.0. The molecule has 1 saturated heterocycles. The summed E-state index contributed by atoms with van der Waals surface area (Å²) in [5.74, 6) is 2.10. The highest BCUT2D eigenvalue weighted by atomic mass is 32.1. The van der Waals surface area contributed by atoms with E-state index in [1.807, 2.05) is 18.3 Å². The number of hydrogen-bond donors (Lipinski definition) is 1. The van der Waals surface area contributed by atoms with E-state index in [9.17, 15) is 0 Å². The van der Waals surface area contributed by atoms with Crippen molar-refractivity contribution < 1.29 is 0 Å². The van der Waals surface area contributed by atoms with Crippen LogP contribution in [-0.2, 0) is 6.42 Å². The van der Waals surface area contributed by atoms with Crippen molar-refractivity contribution in [3.05, 3.63) is 46.8 Å². The van der Waals surface area contributed by atoms with Crippen molar-refractivity contribution >= 4 is 23.1 Å². The summed E-state index contributed by atoms with van der Waals surface area (Å²) in [5.41, 5.74) is 0. The molecule has 0 unspecified atom stereocenters. The van der Waals surface area contributed by atoms with Crippen LogP contribution in [0.5, 0.6) is 0 Å². The summed E-state index contributed by atoms with van der Waals surface area (Å²) in [5, 5.41) is 5.56. The Balaban J connectivity index is 1.55. The lowest BCUT2D eigenvalue weighted by atomic mass is 10.3. The van der Waals surface area contributed by atoms with E-state index >= 15 is 0 Å². The van der Waals surface area contributed by atoms with Crippen molar-refractivity contribution in [1.82, 2.24) is 15.2 Å². The summed E-state index contributed by atoms with van der Waals surface area (Å²) in [6.07, 6.45) is 2.87. The molecular weight excluding hydrogens is 318 g/mol. The first kappa shape index (κ1) is 16.8. The SMILES string of the molecule is CCNC(=NCCc1cccs1)N1CCN(c2ccccn2)CC1. The molecule has 2 aromatic heterocycles. The third kappa shape index (κ3) is 4.47. The van der Waals surface area contributed by atoms with Gasteiger partial charge >= 0.3 is 0 Å². The number of thiophene rings is 1. The fraction of sp³-hybridized carbons (Fsp3) is 0.444. The highest BCUT2D eigenvalue weighted by Crippen LogP contribution is 2.13. The summed E-state index contributed by atoms with van der Waals surface area (Å²) in [6.45, 7) is 7.77. The molecule has 1 N–H and O–H groups in total. The average molecular weight is 344 g/mol. The zero-order chi connectivity index (χ0) is 16.6. The van der Waals surface area contributed by atoms with E-state index in [0.29, 0.717) is 0 Å². The second-order valence-electron chi connectivity index (χ2n) is 5.73. The van der Waals surface area contributed by atoms with Crippen molar-refractivity contribution in [2.75, 3.05) is 44.2 Å². The smallest absolute Gasteiger partial charge is 0.194 e. The van der Waals surface area contributed by atoms with E-state index in [2.05, 4.69) is 50.6 Å². The van der Waals surface area contributed by atoms with Gasteiger partial charge in [0, 0.05) is 56.8 Å². The highest BCUT2D eigenvalue weighted by Gasteiger charge is 2.20. The maximum absolute atomic E-state index is 4.81. The Kier molecular flexibility index (Phi) is 6.07. The van der Waals surface area contributed by atoms with Crippen LogP contribution in [0, 0.1) is 0 Å². The number of pyridine rings is 1. The second kappa shape index (κ2) is 8.68. The number of rotatable bonds is 5. The van der Waals surface area contributed by atoms with E-state index in [-0.39, 0.29) is 0 Å². The van der Waals surface area contributed by atoms with Gasteiger partial charge in [-0.15, -0.1) is 11.3 Å². The summed E-state index contributed by atoms with van der Waals surface area (Å²) >= 11 is 1.80. The Morgan fingerprint density at radius 2 is 2.08 bits per heavy atom. The molecule has 1 fully saturated rings. The summed E-state index contributed by atoms with van der Waals surface area (Å²) in [4.78, 5) is 15.4. The molecule has 24 heavy (non-hydrogen) atoms. The molecule has 0 saturated carbocycles. The van der Waals surface area contributed by atoms with E-state index in [1.165, 1.54) is 4.88 Å². The molecule has 3 rings (SSSR count). The van der Waals surface area contributed by atoms with Gasteiger partial charge in [-0.25, -0.2) is 4.98 Å². The number of nitrogens with one attached hydrogen (secondary N) is 1. The molecule has 0 spiro atoms. The quantitative estimate of drug-likeness (QED) is 0.669. The Labute approximate surface area is 148 Å². The largest absolute Gasteiger partial charge is 0.357 e. The molecule has 5 nitrogen and oxygen atoms in total. The minimum Gasteiger partial charge on any atom is -0.357 e. The van der Waals surface area contributed by atoms with Crippen molar-refractivity contribution in [3.63, 3.8) is 0 Å². The van der Waals surface area contributed by atoms with Crippen LogP contribution in [0.3, 0.4) is 0 Å². The number of aliphatic imine (C=N–C) groups is 1.